The highest BCUT2D eigenvalue weighted by Gasteiger charge is 2.22. The molecule has 1 aromatic rings. The molecule has 1 aliphatic heterocycles. The van der Waals surface area contributed by atoms with Crippen LogP contribution in [0.5, 0.6) is 5.75 Å². The third kappa shape index (κ3) is 3.51. The van der Waals surface area contributed by atoms with Crippen LogP contribution in [0.3, 0.4) is 0 Å². The molecule has 0 atom stereocenters. The number of amides is 1. The molecule has 0 radical (unpaired) electrons. The average Bonchev–Trinajstić information content (AvgIpc) is 2.48. The Morgan fingerprint density at radius 1 is 1.35 bits per heavy atom. The van der Waals surface area contributed by atoms with Crippen LogP contribution in [0.2, 0.25) is 0 Å². The second kappa shape index (κ2) is 6.75. The van der Waals surface area contributed by atoms with E-state index < -0.39 is 0 Å². The fraction of sp³-hybridized carbons (Fsp3) is 0.562. The van der Waals surface area contributed by atoms with Gasteiger partial charge >= 0.3 is 0 Å². The maximum absolute atomic E-state index is 12.3. The van der Waals surface area contributed by atoms with E-state index in [4.69, 9.17) is 4.74 Å². The molecule has 1 aliphatic rings. The summed E-state index contributed by atoms with van der Waals surface area (Å²) in [5, 5.41) is 6.31. The number of anilines is 1. The molecule has 4 nitrogen and oxygen atoms in total. The van der Waals surface area contributed by atoms with E-state index in [9.17, 15) is 4.79 Å². The number of rotatable bonds is 4. The van der Waals surface area contributed by atoms with Gasteiger partial charge in [-0.15, -0.1) is 0 Å². The zero-order chi connectivity index (χ0) is 14.5. The first-order valence-electron chi connectivity index (χ1n) is 7.31. The largest absolute Gasteiger partial charge is 0.495 e. The molecule has 0 bridgehead atoms. The average molecular weight is 276 g/mol. The number of nitrogens with one attached hydrogen (secondary N) is 2. The van der Waals surface area contributed by atoms with Gasteiger partial charge in [0.15, 0.2) is 0 Å². The predicted molar refractivity (Wildman–Crippen MR) is 81.3 cm³/mol. The summed E-state index contributed by atoms with van der Waals surface area (Å²) < 4.78 is 5.34. The van der Waals surface area contributed by atoms with Crippen molar-refractivity contribution in [1.29, 1.82) is 0 Å². The van der Waals surface area contributed by atoms with Crippen molar-refractivity contribution in [3.8, 4) is 5.75 Å². The number of hydrogen-bond acceptors (Lipinski definition) is 3. The monoisotopic (exact) mass is 276 g/mol. The molecule has 1 aromatic carbocycles. The van der Waals surface area contributed by atoms with Crippen molar-refractivity contribution in [2.45, 2.75) is 32.6 Å². The lowest BCUT2D eigenvalue weighted by Gasteiger charge is -2.22. The number of piperidine rings is 1. The Labute approximate surface area is 120 Å². The molecule has 0 unspecified atom stereocenters. The second-order valence-corrected chi connectivity index (χ2v) is 5.63. The topological polar surface area (TPSA) is 50.4 Å². The SMILES string of the molecule is COc1ccc(C(C)C)cc1NC(=O)C1CCNCC1. The molecule has 0 spiro atoms. The van der Waals surface area contributed by atoms with Crippen LogP contribution >= 0.6 is 0 Å². The van der Waals surface area contributed by atoms with Gasteiger partial charge in [0.1, 0.15) is 5.75 Å². The van der Waals surface area contributed by atoms with E-state index in [2.05, 4.69) is 24.5 Å². The Morgan fingerprint density at radius 3 is 2.65 bits per heavy atom. The molecule has 1 amide bonds. The molecule has 20 heavy (non-hydrogen) atoms. The first-order valence-corrected chi connectivity index (χ1v) is 7.31. The molecular formula is C16H24N2O2. The second-order valence-electron chi connectivity index (χ2n) is 5.63. The van der Waals surface area contributed by atoms with Crippen molar-refractivity contribution < 1.29 is 9.53 Å². The van der Waals surface area contributed by atoms with Gasteiger partial charge in [0.05, 0.1) is 12.8 Å². The van der Waals surface area contributed by atoms with Gasteiger partial charge in [-0.2, -0.15) is 0 Å². The van der Waals surface area contributed by atoms with E-state index in [0.29, 0.717) is 5.92 Å². The molecule has 0 aromatic heterocycles. The van der Waals surface area contributed by atoms with Crippen LogP contribution in [-0.4, -0.2) is 26.1 Å². The number of carbonyl (C=O) groups excluding carboxylic acids is 1. The Kier molecular flexibility index (Phi) is 5.01. The normalized spacial score (nSPS) is 16.2. The molecular weight excluding hydrogens is 252 g/mol. The molecule has 2 rings (SSSR count). The van der Waals surface area contributed by atoms with Gasteiger partial charge in [0.2, 0.25) is 5.91 Å². The predicted octanol–water partition coefficient (Wildman–Crippen LogP) is 2.76. The maximum atomic E-state index is 12.3. The molecule has 4 heteroatoms. The van der Waals surface area contributed by atoms with Crippen LogP contribution in [0.1, 0.15) is 38.2 Å². The number of carbonyl (C=O) groups is 1. The minimum Gasteiger partial charge on any atom is -0.495 e. The van der Waals surface area contributed by atoms with Gasteiger partial charge in [-0.1, -0.05) is 19.9 Å². The van der Waals surface area contributed by atoms with Gasteiger partial charge in [-0.05, 0) is 49.5 Å². The Hall–Kier alpha value is -1.55. The Morgan fingerprint density at radius 2 is 2.05 bits per heavy atom. The molecule has 110 valence electrons. The summed E-state index contributed by atoms with van der Waals surface area (Å²) in [7, 11) is 1.63. The molecule has 1 fully saturated rings. The van der Waals surface area contributed by atoms with Crippen LogP contribution < -0.4 is 15.4 Å². The summed E-state index contributed by atoms with van der Waals surface area (Å²) in [5.74, 6) is 1.35. The third-order valence-electron chi connectivity index (χ3n) is 3.86. The highest BCUT2D eigenvalue weighted by atomic mass is 16.5. The highest BCUT2D eigenvalue weighted by molar-refractivity contribution is 5.94. The van der Waals surface area contributed by atoms with Crippen LogP contribution in [0.4, 0.5) is 5.69 Å². The van der Waals surface area contributed by atoms with Crippen molar-refractivity contribution in [1.82, 2.24) is 5.32 Å². The summed E-state index contributed by atoms with van der Waals surface area (Å²) in [6, 6.07) is 5.99. The number of ether oxygens (including phenoxy) is 1. The summed E-state index contributed by atoms with van der Waals surface area (Å²) >= 11 is 0. The fourth-order valence-corrected chi connectivity index (χ4v) is 2.50. The van der Waals surface area contributed by atoms with Gasteiger partial charge in [0.25, 0.3) is 0 Å². The van der Waals surface area contributed by atoms with Crippen molar-refractivity contribution in [2.24, 2.45) is 5.92 Å². The van der Waals surface area contributed by atoms with Crippen molar-refractivity contribution in [3.63, 3.8) is 0 Å². The van der Waals surface area contributed by atoms with Crippen molar-refractivity contribution in [3.05, 3.63) is 23.8 Å². The van der Waals surface area contributed by atoms with Crippen LogP contribution in [-0.2, 0) is 4.79 Å². The quantitative estimate of drug-likeness (QED) is 0.889. The lowest BCUT2D eigenvalue weighted by atomic mass is 9.97. The number of methoxy groups -OCH3 is 1. The van der Waals surface area contributed by atoms with Gasteiger partial charge < -0.3 is 15.4 Å². The smallest absolute Gasteiger partial charge is 0.227 e. The lowest BCUT2D eigenvalue weighted by molar-refractivity contribution is -0.120. The van der Waals surface area contributed by atoms with Crippen molar-refractivity contribution in [2.75, 3.05) is 25.5 Å². The highest BCUT2D eigenvalue weighted by Crippen LogP contribution is 2.29. The van der Waals surface area contributed by atoms with E-state index in [1.54, 1.807) is 7.11 Å². The fourth-order valence-electron chi connectivity index (χ4n) is 2.50. The maximum Gasteiger partial charge on any atom is 0.227 e. The molecule has 0 aliphatic carbocycles. The van der Waals surface area contributed by atoms with Crippen LogP contribution in [0.15, 0.2) is 18.2 Å². The summed E-state index contributed by atoms with van der Waals surface area (Å²) in [6.45, 7) is 6.11. The minimum atomic E-state index is 0.101. The molecule has 2 N–H and O–H groups in total. The molecule has 1 heterocycles. The summed E-state index contributed by atoms with van der Waals surface area (Å²) in [5.41, 5.74) is 1.98. The first-order chi connectivity index (χ1) is 9.61. The number of hydrogen-bond donors (Lipinski definition) is 2. The Balaban J connectivity index is 2.13. The zero-order valence-electron chi connectivity index (χ0n) is 12.5. The van der Waals surface area contributed by atoms with E-state index in [1.807, 2.05) is 18.2 Å². The number of benzene rings is 1. The molecule has 0 saturated carbocycles. The van der Waals surface area contributed by atoms with Crippen molar-refractivity contribution >= 4 is 11.6 Å². The molecule has 1 saturated heterocycles. The van der Waals surface area contributed by atoms with Gasteiger partial charge in [0, 0.05) is 5.92 Å². The van der Waals surface area contributed by atoms with Gasteiger partial charge in [-0.25, -0.2) is 0 Å². The standard InChI is InChI=1S/C16H24N2O2/c1-11(2)13-4-5-15(20-3)14(10-13)18-16(19)12-6-8-17-9-7-12/h4-5,10-12,17H,6-9H2,1-3H3,(H,18,19). The lowest BCUT2D eigenvalue weighted by Crippen LogP contribution is -2.34. The third-order valence-corrected chi connectivity index (χ3v) is 3.86. The van der Waals surface area contributed by atoms with E-state index in [1.165, 1.54) is 5.56 Å². The summed E-state index contributed by atoms with van der Waals surface area (Å²) in [4.78, 5) is 12.3. The van der Waals surface area contributed by atoms with E-state index in [-0.39, 0.29) is 11.8 Å². The van der Waals surface area contributed by atoms with E-state index in [0.717, 1.165) is 37.4 Å². The zero-order valence-corrected chi connectivity index (χ0v) is 12.5. The first kappa shape index (κ1) is 14.9. The van der Waals surface area contributed by atoms with Gasteiger partial charge in [-0.3, -0.25) is 4.79 Å². The Bertz CT molecular complexity index is 466. The van der Waals surface area contributed by atoms with Crippen LogP contribution in [0, 0.1) is 5.92 Å². The summed E-state index contributed by atoms with van der Waals surface area (Å²) in [6.07, 6.45) is 1.80. The minimum absolute atomic E-state index is 0.101. The van der Waals surface area contributed by atoms with E-state index >= 15 is 0 Å². The van der Waals surface area contributed by atoms with Crippen LogP contribution in [0.25, 0.3) is 0 Å².